The van der Waals surface area contributed by atoms with Gasteiger partial charge in [0.15, 0.2) is 0 Å². The molecule has 0 N–H and O–H groups in total. The van der Waals surface area contributed by atoms with Crippen molar-refractivity contribution in [2.75, 3.05) is 7.11 Å². The lowest BCUT2D eigenvalue weighted by Gasteiger charge is -2.06. The maximum atomic E-state index is 5.25. The molecule has 1 nitrogen and oxygen atoms in total. The van der Waals surface area contributed by atoms with E-state index in [2.05, 4.69) is 42.5 Å². The zero-order chi connectivity index (χ0) is 11.0. The monoisotopic (exact) mass is 210 g/mol. The van der Waals surface area contributed by atoms with E-state index in [1.54, 1.807) is 7.11 Å². The highest BCUT2D eigenvalue weighted by atomic mass is 16.5. The van der Waals surface area contributed by atoms with Crippen LogP contribution in [0, 0.1) is 0 Å². The van der Waals surface area contributed by atoms with Gasteiger partial charge in [0.05, 0.1) is 6.61 Å². The second-order valence-electron chi connectivity index (χ2n) is 4.21. The Bertz CT molecular complexity index is 529. The predicted octanol–water partition coefficient (Wildman–Crippen LogP) is 3.40. The summed E-state index contributed by atoms with van der Waals surface area (Å²) in [6, 6.07) is 15.1. The summed E-state index contributed by atoms with van der Waals surface area (Å²) in [7, 11) is 1.75. The largest absolute Gasteiger partial charge is 0.380 e. The fourth-order valence-corrected chi connectivity index (χ4v) is 2.51. The van der Waals surface area contributed by atoms with Gasteiger partial charge in [-0.2, -0.15) is 0 Å². The van der Waals surface area contributed by atoms with E-state index in [1.807, 2.05) is 0 Å². The molecule has 2 aromatic carbocycles. The van der Waals surface area contributed by atoms with Crippen LogP contribution < -0.4 is 0 Å². The van der Waals surface area contributed by atoms with Gasteiger partial charge in [0.1, 0.15) is 0 Å². The van der Waals surface area contributed by atoms with E-state index in [1.165, 1.54) is 27.8 Å². The molecule has 0 saturated carbocycles. The van der Waals surface area contributed by atoms with Crippen LogP contribution in [-0.2, 0) is 17.8 Å². The van der Waals surface area contributed by atoms with Crippen molar-refractivity contribution in [1.82, 2.24) is 0 Å². The molecule has 1 aliphatic carbocycles. The molecule has 0 aliphatic heterocycles. The lowest BCUT2D eigenvalue weighted by atomic mass is 10.0. The molecule has 2 aromatic rings. The molecule has 0 radical (unpaired) electrons. The SMILES string of the molecule is COCc1cccc2c1Cc1ccccc1-2. The fourth-order valence-electron chi connectivity index (χ4n) is 2.51. The van der Waals surface area contributed by atoms with E-state index in [-0.39, 0.29) is 0 Å². The molecule has 0 heterocycles. The second kappa shape index (κ2) is 3.76. The van der Waals surface area contributed by atoms with Crippen LogP contribution in [0.25, 0.3) is 11.1 Å². The Hall–Kier alpha value is -1.60. The normalized spacial score (nSPS) is 12.3. The molecule has 3 rings (SSSR count). The summed E-state index contributed by atoms with van der Waals surface area (Å²) in [6.45, 7) is 0.706. The van der Waals surface area contributed by atoms with Crippen LogP contribution in [0.5, 0.6) is 0 Å². The van der Waals surface area contributed by atoms with E-state index >= 15 is 0 Å². The third kappa shape index (κ3) is 1.36. The topological polar surface area (TPSA) is 9.23 Å². The third-order valence-electron chi connectivity index (χ3n) is 3.25. The number of hydrogen-bond donors (Lipinski definition) is 0. The zero-order valence-electron chi connectivity index (χ0n) is 9.36. The highest BCUT2D eigenvalue weighted by Crippen LogP contribution is 2.38. The van der Waals surface area contributed by atoms with Crippen molar-refractivity contribution in [3.05, 3.63) is 59.2 Å². The van der Waals surface area contributed by atoms with E-state index in [4.69, 9.17) is 4.74 Å². The molecule has 0 atom stereocenters. The first-order chi connectivity index (χ1) is 7.90. The number of rotatable bonds is 2. The summed E-state index contributed by atoms with van der Waals surface area (Å²) in [5.41, 5.74) is 6.95. The maximum Gasteiger partial charge on any atom is 0.0716 e. The van der Waals surface area contributed by atoms with Gasteiger partial charge >= 0.3 is 0 Å². The molecule has 1 heteroatoms. The minimum absolute atomic E-state index is 0.706. The highest BCUT2D eigenvalue weighted by molar-refractivity contribution is 5.77. The first kappa shape index (κ1) is 9.61. The summed E-state index contributed by atoms with van der Waals surface area (Å²) in [5, 5.41) is 0. The molecule has 0 unspecified atom stereocenters. The number of fused-ring (bicyclic) bond motifs is 3. The van der Waals surface area contributed by atoms with Gasteiger partial charge in [0.2, 0.25) is 0 Å². The van der Waals surface area contributed by atoms with Gasteiger partial charge < -0.3 is 4.74 Å². The van der Waals surface area contributed by atoms with Gasteiger partial charge in [-0.05, 0) is 34.2 Å². The van der Waals surface area contributed by atoms with Crippen LogP contribution in [0.3, 0.4) is 0 Å². The first-order valence-electron chi connectivity index (χ1n) is 5.58. The summed E-state index contributed by atoms with van der Waals surface area (Å²) in [5.74, 6) is 0. The van der Waals surface area contributed by atoms with E-state index < -0.39 is 0 Å². The Morgan fingerprint density at radius 2 is 1.81 bits per heavy atom. The van der Waals surface area contributed by atoms with Crippen LogP contribution >= 0.6 is 0 Å². The quantitative estimate of drug-likeness (QED) is 0.630. The summed E-state index contributed by atoms with van der Waals surface area (Å²) in [6.07, 6.45) is 1.05. The molecular weight excluding hydrogens is 196 g/mol. The molecule has 0 bridgehead atoms. The molecule has 0 saturated heterocycles. The van der Waals surface area contributed by atoms with E-state index in [0.29, 0.717) is 6.61 Å². The Morgan fingerprint density at radius 1 is 1.00 bits per heavy atom. The van der Waals surface area contributed by atoms with Crippen LogP contribution in [-0.4, -0.2) is 7.11 Å². The van der Waals surface area contributed by atoms with Gasteiger partial charge in [0, 0.05) is 7.11 Å². The van der Waals surface area contributed by atoms with Crippen molar-refractivity contribution in [3.63, 3.8) is 0 Å². The van der Waals surface area contributed by atoms with Crippen LogP contribution in [0.15, 0.2) is 42.5 Å². The van der Waals surface area contributed by atoms with Crippen molar-refractivity contribution >= 4 is 0 Å². The standard InChI is InChI=1S/C15H14O/c1-16-10-12-6-4-8-14-13-7-3-2-5-11(13)9-15(12)14/h2-8H,9-10H2,1H3. The molecule has 0 fully saturated rings. The lowest BCUT2D eigenvalue weighted by Crippen LogP contribution is -1.94. The smallest absolute Gasteiger partial charge is 0.0716 e. The van der Waals surface area contributed by atoms with Gasteiger partial charge in [-0.1, -0.05) is 42.5 Å². The zero-order valence-corrected chi connectivity index (χ0v) is 9.36. The third-order valence-corrected chi connectivity index (χ3v) is 3.25. The second-order valence-corrected chi connectivity index (χ2v) is 4.21. The van der Waals surface area contributed by atoms with Crippen LogP contribution in [0.1, 0.15) is 16.7 Å². The lowest BCUT2D eigenvalue weighted by molar-refractivity contribution is 0.184. The van der Waals surface area contributed by atoms with Crippen molar-refractivity contribution in [2.24, 2.45) is 0 Å². The predicted molar refractivity (Wildman–Crippen MR) is 65.4 cm³/mol. The molecule has 0 aromatic heterocycles. The summed E-state index contributed by atoms with van der Waals surface area (Å²) in [4.78, 5) is 0. The molecule has 0 spiro atoms. The molecule has 0 amide bonds. The maximum absolute atomic E-state index is 5.25. The number of benzene rings is 2. The Morgan fingerprint density at radius 3 is 2.69 bits per heavy atom. The first-order valence-corrected chi connectivity index (χ1v) is 5.58. The Balaban J connectivity index is 2.16. The van der Waals surface area contributed by atoms with E-state index in [0.717, 1.165) is 6.42 Å². The van der Waals surface area contributed by atoms with Gasteiger partial charge in [-0.3, -0.25) is 0 Å². The Labute approximate surface area is 95.7 Å². The molecule has 80 valence electrons. The van der Waals surface area contributed by atoms with Gasteiger partial charge in [0.25, 0.3) is 0 Å². The van der Waals surface area contributed by atoms with Crippen molar-refractivity contribution < 1.29 is 4.74 Å². The van der Waals surface area contributed by atoms with Gasteiger partial charge in [-0.15, -0.1) is 0 Å². The summed E-state index contributed by atoms with van der Waals surface area (Å²) >= 11 is 0. The fraction of sp³-hybridized carbons (Fsp3) is 0.200. The van der Waals surface area contributed by atoms with Gasteiger partial charge in [-0.25, -0.2) is 0 Å². The number of methoxy groups -OCH3 is 1. The van der Waals surface area contributed by atoms with E-state index in [9.17, 15) is 0 Å². The highest BCUT2D eigenvalue weighted by Gasteiger charge is 2.19. The van der Waals surface area contributed by atoms with Crippen LogP contribution in [0.2, 0.25) is 0 Å². The van der Waals surface area contributed by atoms with Crippen molar-refractivity contribution in [2.45, 2.75) is 13.0 Å². The summed E-state index contributed by atoms with van der Waals surface area (Å²) < 4.78 is 5.25. The van der Waals surface area contributed by atoms with Crippen LogP contribution in [0.4, 0.5) is 0 Å². The molecule has 1 aliphatic rings. The Kier molecular flexibility index (Phi) is 2.26. The number of ether oxygens (including phenoxy) is 1. The average Bonchev–Trinajstić information content (AvgIpc) is 2.69. The average molecular weight is 210 g/mol. The minimum atomic E-state index is 0.706. The van der Waals surface area contributed by atoms with Crippen molar-refractivity contribution in [1.29, 1.82) is 0 Å². The van der Waals surface area contributed by atoms with Crippen molar-refractivity contribution in [3.8, 4) is 11.1 Å². The molecule has 16 heavy (non-hydrogen) atoms. The molecular formula is C15H14O. The number of hydrogen-bond acceptors (Lipinski definition) is 1. The minimum Gasteiger partial charge on any atom is -0.380 e.